The van der Waals surface area contributed by atoms with Crippen LogP contribution in [0.1, 0.15) is 78.4 Å². The molecule has 0 aliphatic carbocycles. The number of rotatable bonds is 19. The molecule has 3 rings (SSSR count). The van der Waals surface area contributed by atoms with Crippen molar-refractivity contribution >= 4 is 34.6 Å². The molecule has 3 aromatic carbocycles. The van der Waals surface area contributed by atoms with Crippen molar-refractivity contribution < 1.29 is 29.0 Å². The number of nitrogens with one attached hydrogen (secondary N) is 4. The zero-order valence-corrected chi connectivity index (χ0v) is 30.4. The van der Waals surface area contributed by atoms with Gasteiger partial charge in [0, 0.05) is 13.0 Å². The minimum absolute atomic E-state index is 0.0306. The second-order valence-electron chi connectivity index (χ2n) is 14.1. The number of fused-ring (bicyclic) bond motifs is 1. The molecule has 0 radical (unpaired) electrons. The van der Waals surface area contributed by atoms with Gasteiger partial charge >= 0.3 is 6.09 Å². The number of ether oxygens (including phenoxy) is 1. The van der Waals surface area contributed by atoms with Gasteiger partial charge in [-0.15, -0.1) is 0 Å². The predicted molar refractivity (Wildman–Crippen MR) is 197 cm³/mol. The molecule has 4 amide bonds. The monoisotopic (exact) mass is 688 g/mol. The van der Waals surface area contributed by atoms with E-state index < -0.39 is 42.1 Å². The second kappa shape index (κ2) is 20.3. The summed E-state index contributed by atoms with van der Waals surface area (Å²) in [5, 5.41) is 24.5. The summed E-state index contributed by atoms with van der Waals surface area (Å²) in [6.07, 6.45) is -0.199. The van der Waals surface area contributed by atoms with Crippen molar-refractivity contribution in [1.82, 2.24) is 21.3 Å². The molecule has 10 heteroatoms. The Kier molecular flexibility index (Phi) is 16.2. The van der Waals surface area contributed by atoms with E-state index in [1.165, 1.54) is 0 Å². The first-order chi connectivity index (χ1) is 23.9. The number of carbonyl (C=O) groups is 4. The molecule has 0 aliphatic heterocycles. The Morgan fingerprint density at radius 2 is 1.38 bits per heavy atom. The summed E-state index contributed by atoms with van der Waals surface area (Å²) < 4.78 is 5.47. The van der Waals surface area contributed by atoms with Gasteiger partial charge < -0.3 is 31.1 Å². The van der Waals surface area contributed by atoms with Crippen LogP contribution in [0.25, 0.3) is 10.8 Å². The molecule has 10 nitrogen and oxygen atoms in total. The lowest BCUT2D eigenvalue weighted by Gasteiger charge is -2.29. The third kappa shape index (κ3) is 13.5. The van der Waals surface area contributed by atoms with Crippen molar-refractivity contribution in [2.75, 3.05) is 6.54 Å². The normalized spacial score (nSPS) is 14.3. The Morgan fingerprint density at radius 1 is 0.740 bits per heavy atom. The Labute approximate surface area is 297 Å². The van der Waals surface area contributed by atoms with Crippen molar-refractivity contribution in [2.24, 2.45) is 17.8 Å². The van der Waals surface area contributed by atoms with E-state index in [-0.39, 0.29) is 37.2 Å². The highest BCUT2D eigenvalue weighted by molar-refractivity contribution is 5.92. The third-order valence-electron chi connectivity index (χ3n) is 8.72. The maximum atomic E-state index is 14.0. The molecule has 5 atom stereocenters. The van der Waals surface area contributed by atoms with Crippen molar-refractivity contribution in [3.8, 4) is 0 Å². The quantitative estimate of drug-likeness (QED) is 0.110. The minimum Gasteiger partial charge on any atom is -0.445 e. The van der Waals surface area contributed by atoms with Gasteiger partial charge in [0.05, 0.1) is 18.6 Å². The first-order valence-electron chi connectivity index (χ1n) is 17.9. The highest BCUT2D eigenvalue weighted by atomic mass is 16.5. The number of aliphatic hydroxyl groups is 1. The van der Waals surface area contributed by atoms with E-state index in [4.69, 9.17) is 4.74 Å². The first-order valence-corrected chi connectivity index (χ1v) is 17.9. The molecule has 3 aromatic rings. The molecule has 0 aromatic heterocycles. The van der Waals surface area contributed by atoms with E-state index in [0.29, 0.717) is 25.3 Å². The van der Waals surface area contributed by atoms with Crippen LogP contribution in [0.2, 0.25) is 0 Å². The molecule has 0 saturated heterocycles. The topological polar surface area (TPSA) is 146 Å². The first kappa shape index (κ1) is 40.0. The molecule has 0 aliphatic rings. The Hall–Kier alpha value is -4.44. The van der Waals surface area contributed by atoms with E-state index in [9.17, 15) is 24.3 Å². The largest absolute Gasteiger partial charge is 0.445 e. The third-order valence-corrected chi connectivity index (χ3v) is 8.72. The number of amides is 4. The standard InChI is InChI=1S/C40H56N4O6/c1-7-28(6)24-41-37(46)23-36(45)33(20-26(2)3)42-38(47)34(21-27(4)5)43-39(48)35(44-40(49)50-25-29-14-9-8-10-15-29)22-31-18-13-17-30-16-11-12-19-32(30)31/h8-19,26-28,33-36,45H,7,20-25H2,1-6H3,(H,41,46)(H,42,47)(H,43,48)(H,44,49)/t28-,33-,34-,35-,36-/m0/s1. The minimum atomic E-state index is -1.12. The van der Waals surface area contributed by atoms with Gasteiger partial charge in [-0.3, -0.25) is 14.4 Å². The van der Waals surface area contributed by atoms with Crippen LogP contribution >= 0.6 is 0 Å². The summed E-state index contributed by atoms with van der Waals surface area (Å²) in [5.74, 6) is -0.826. The number of hydrogen-bond acceptors (Lipinski definition) is 6. The lowest BCUT2D eigenvalue weighted by Crippen LogP contribution is -2.57. The summed E-state index contributed by atoms with van der Waals surface area (Å²) >= 11 is 0. The fraction of sp³-hybridized carbons (Fsp3) is 0.500. The SMILES string of the molecule is CC[C@H](C)CNC(=O)C[C@H](O)[C@H](CC(C)C)NC(=O)[C@H](CC(C)C)NC(=O)[C@H](Cc1cccc2ccccc12)NC(=O)OCc1ccccc1. The van der Waals surface area contributed by atoms with Gasteiger partial charge in [0.2, 0.25) is 17.7 Å². The molecule has 0 heterocycles. The maximum Gasteiger partial charge on any atom is 0.408 e. The van der Waals surface area contributed by atoms with Crippen molar-refractivity contribution in [3.05, 3.63) is 83.9 Å². The lowest BCUT2D eigenvalue weighted by molar-refractivity contribution is -0.131. The number of aliphatic hydroxyl groups excluding tert-OH is 1. The van der Waals surface area contributed by atoms with Crippen molar-refractivity contribution in [1.29, 1.82) is 0 Å². The Bertz CT molecular complexity index is 1520. The van der Waals surface area contributed by atoms with Crippen LogP contribution in [0, 0.1) is 17.8 Å². The molecule has 0 unspecified atom stereocenters. The fourth-order valence-corrected chi connectivity index (χ4v) is 5.72. The van der Waals surface area contributed by atoms with E-state index >= 15 is 0 Å². The van der Waals surface area contributed by atoms with E-state index in [0.717, 1.165) is 28.3 Å². The van der Waals surface area contributed by atoms with Gasteiger partial charge in [-0.25, -0.2) is 4.79 Å². The molecule has 5 N–H and O–H groups in total. The predicted octanol–water partition coefficient (Wildman–Crippen LogP) is 5.65. The Balaban J connectivity index is 1.80. The molecular formula is C40H56N4O6. The second-order valence-corrected chi connectivity index (χ2v) is 14.1. The van der Waals surface area contributed by atoms with Crippen molar-refractivity contribution in [3.63, 3.8) is 0 Å². The van der Waals surface area contributed by atoms with E-state index in [2.05, 4.69) is 21.3 Å². The molecule has 0 bridgehead atoms. The van der Waals surface area contributed by atoms with Gasteiger partial charge in [-0.1, -0.05) is 121 Å². The highest BCUT2D eigenvalue weighted by Gasteiger charge is 2.32. The van der Waals surface area contributed by atoms with Crippen LogP contribution < -0.4 is 21.3 Å². The summed E-state index contributed by atoms with van der Waals surface area (Å²) in [7, 11) is 0. The summed E-state index contributed by atoms with van der Waals surface area (Å²) in [4.78, 5) is 53.5. The van der Waals surface area contributed by atoms with Crippen LogP contribution in [0.5, 0.6) is 0 Å². The van der Waals surface area contributed by atoms with Crippen LogP contribution in [-0.4, -0.2) is 59.7 Å². The van der Waals surface area contributed by atoms with Crippen LogP contribution in [-0.2, 0) is 32.1 Å². The van der Waals surface area contributed by atoms with E-state index in [1.807, 2.05) is 114 Å². The molecule has 0 saturated carbocycles. The lowest BCUT2D eigenvalue weighted by atomic mass is 9.95. The van der Waals surface area contributed by atoms with E-state index in [1.54, 1.807) is 0 Å². The summed E-state index contributed by atoms with van der Waals surface area (Å²) in [5.41, 5.74) is 1.65. The van der Waals surface area contributed by atoms with Crippen LogP contribution in [0.4, 0.5) is 4.79 Å². The van der Waals surface area contributed by atoms with Gasteiger partial charge in [-0.05, 0) is 52.5 Å². The molecule has 272 valence electrons. The number of alkyl carbamates (subject to hydrolysis) is 1. The highest BCUT2D eigenvalue weighted by Crippen LogP contribution is 2.20. The molecule has 0 spiro atoms. The van der Waals surface area contributed by atoms with Crippen molar-refractivity contribution in [2.45, 2.75) is 104 Å². The summed E-state index contributed by atoms with van der Waals surface area (Å²) in [6, 6.07) is 20.1. The molecule has 0 fully saturated rings. The van der Waals surface area contributed by atoms with Crippen LogP contribution in [0.3, 0.4) is 0 Å². The van der Waals surface area contributed by atoms with Gasteiger partial charge in [0.15, 0.2) is 0 Å². The van der Waals surface area contributed by atoms with Gasteiger partial charge in [0.1, 0.15) is 18.7 Å². The van der Waals surface area contributed by atoms with Gasteiger partial charge in [-0.2, -0.15) is 0 Å². The fourth-order valence-electron chi connectivity index (χ4n) is 5.72. The number of hydrogen-bond donors (Lipinski definition) is 5. The number of benzene rings is 3. The maximum absolute atomic E-state index is 14.0. The average Bonchev–Trinajstić information content (AvgIpc) is 3.08. The zero-order valence-electron chi connectivity index (χ0n) is 30.4. The Morgan fingerprint density at radius 3 is 2.06 bits per heavy atom. The summed E-state index contributed by atoms with van der Waals surface area (Å²) in [6.45, 7) is 12.5. The smallest absolute Gasteiger partial charge is 0.408 e. The zero-order chi connectivity index (χ0) is 36.6. The van der Waals surface area contributed by atoms with Crippen LogP contribution in [0.15, 0.2) is 72.8 Å². The average molecular weight is 689 g/mol. The molecular weight excluding hydrogens is 632 g/mol. The van der Waals surface area contributed by atoms with Gasteiger partial charge in [0.25, 0.3) is 0 Å². The number of carbonyl (C=O) groups excluding carboxylic acids is 4. The molecule has 50 heavy (non-hydrogen) atoms.